The number of halogens is 1. The molecule has 0 saturated carbocycles. The van der Waals surface area contributed by atoms with Gasteiger partial charge in [0.2, 0.25) is 0 Å². The van der Waals surface area contributed by atoms with Crippen LogP contribution in [0.4, 0.5) is 0 Å². The molecule has 0 aliphatic heterocycles. The van der Waals surface area contributed by atoms with Gasteiger partial charge in [-0.1, -0.05) is 11.6 Å². The lowest BCUT2D eigenvalue weighted by molar-refractivity contribution is 0.556. The van der Waals surface area contributed by atoms with Crippen LogP contribution in [0.15, 0.2) is 30.6 Å². The molecule has 2 aromatic heterocycles. The van der Waals surface area contributed by atoms with Crippen LogP contribution >= 0.6 is 11.6 Å². The molecular weight excluding hydrogens is 236 g/mol. The number of pyridine rings is 1. The first-order valence-corrected chi connectivity index (χ1v) is 5.94. The van der Waals surface area contributed by atoms with Crippen LogP contribution in [0.1, 0.15) is 24.4 Å². The summed E-state index contributed by atoms with van der Waals surface area (Å²) in [7, 11) is 1.91. The molecule has 5 heteroatoms. The topological polar surface area (TPSA) is 42.7 Å². The Morgan fingerprint density at radius 2 is 2.24 bits per heavy atom. The lowest BCUT2D eigenvalue weighted by Crippen LogP contribution is -2.22. The highest BCUT2D eigenvalue weighted by Gasteiger charge is 2.16. The van der Waals surface area contributed by atoms with E-state index in [1.165, 1.54) is 0 Å². The Hall–Kier alpha value is -1.39. The molecule has 2 aromatic rings. The standard InChI is InChI=1S/C12H15ClN4/c1-3-17-11(6-7-16-17)12(14-2)10-5-4-9(13)8-15-10/h4-8,12,14H,3H2,1-2H3. The molecule has 1 unspecified atom stereocenters. The first-order valence-electron chi connectivity index (χ1n) is 5.56. The molecule has 0 amide bonds. The van der Waals surface area contributed by atoms with Crippen LogP contribution in [0.2, 0.25) is 5.02 Å². The molecule has 0 bridgehead atoms. The maximum atomic E-state index is 5.84. The molecule has 0 aliphatic carbocycles. The van der Waals surface area contributed by atoms with E-state index in [1.54, 1.807) is 12.4 Å². The van der Waals surface area contributed by atoms with Gasteiger partial charge in [0.05, 0.1) is 22.5 Å². The van der Waals surface area contributed by atoms with Gasteiger partial charge in [0.1, 0.15) is 0 Å². The van der Waals surface area contributed by atoms with Gasteiger partial charge in [0.15, 0.2) is 0 Å². The van der Waals surface area contributed by atoms with Crippen LogP contribution in [0, 0.1) is 0 Å². The van der Waals surface area contributed by atoms with Crippen molar-refractivity contribution in [2.75, 3.05) is 7.05 Å². The second kappa shape index (κ2) is 5.29. The maximum Gasteiger partial charge on any atom is 0.0919 e. The van der Waals surface area contributed by atoms with Gasteiger partial charge in [0.25, 0.3) is 0 Å². The second-order valence-electron chi connectivity index (χ2n) is 3.69. The second-order valence-corrected chi connectivity index (χ2v) is 4.13. The Labute approximate surface area is 106 Å². The van der Waals surface area contributed by atoms with E-state index in [-0.39, 0.29) is 6.04 Å². The van der Waals surface area contributed by atoms with E-state index >= 15 is 0 Å². The van der Waals surface area contributed by atoms with Crippen molar-refractivity contribution < 1.29 is 0 Å². The summed E-state index contributed by atoms with van der Waals surface area (Å²) in [4.78, 5) is 4.35. The van der Waals surface area contributed by atoms with E-state index in [9.17, 15) is 0 Å². The number of hydrogen-bond acceptors (Lipinski definition) is 3. The zero-order valence-electron chi connectivity index (χ0n) is 9.89. The van der Waals surface area contributed by atoms with Gasteiger partial charge in [-0.2, -0.15) is 5.10 Å². The zero-order chi connectivity index (χ0) is 12.3. The van der Waals surface area contributed by atoms with Gasteiger partial charge in [-0.3, -0.25) is 9.67 Å². The third-order valence-electron chi connectivity index (χ3n) is 2.68. The molecule has 90 valence electrons. The molecule has 17 heavy (non-hydrogen) atoms. The Morgan fingerprint density at radius 3 is 2.82 bits per heavy atom. The first-order chi connectivity index (χ1) is 8.26. The SMILES string of the molecule is CCn1nccc1C(NC)c1ccc(Cl)cn1. The van der Waals surface area contributed by atoms with Crippen LogP contribution in [-0.2, 0) is 6.54 Å². The van der Waals surface area contributed by atoms with Crippen molar-refractivity contribution in [3.05, 3.63) is 47.0 Å². The molecule has 0 radical (unpaired) electrons. The fraction of sp³-hybridized carbons (Fsp3) is 0.333. The number of aromatic nitrogens is 3. The predicted octanol–water partition coefficient (Wildman–Crippen LogP) is 2.26. The summed E-state index contributed by atoms with van der Waals surface area (Å²) in [5.41, 5.74) is 2.04. The maximum absolute atomic E-state index is 5.84. The number of aryl methyl sites for hydroxylation is 1. The molecule has 0 aromatic carbocycles. The fourth-order valence-electron chi connectivity index (χ4n) is 1.86. The lowest BCUT2D eigenvalue weighted by Gasteiger charge is -2.16. The Kier molecular flexibility index (Phi) is 3.76. The molecule has 2 rings (SSSR count). The summed E-state index contributed by atoms with van der Waals surface area (Å²) in [6.45, 7) is 2.91. The van der Waals surface area contributed by atoms with Gasteiger partial charge < -0.3 is 5.32 Å². The minimum absolute atomic E-state index is 0.0368. The van der Waals surface area contributed by atoms with E-state index in [2.05, 4.69) is 22.3 Å². The van der Waals surface area contributed by atoms with E-state index < -0.39 is 0 Å². The van der Waals surface area contributed by atoms with Crippen molar-refractivity contribution in [1.82, 2.24) is 20.1 Å². The first kappa shape index (κ1) is 12.1. The van der Waals surface area contributed by atoms with E-state index in [1.807, 2.05) is 29.9 Å². The summed E-state index contributed by atoms with van der Waals surface area (Å²) >= 11 is 5.84. The zero-order valence-corrected chi connectivity index (χ0v) is 10.6. The third-order valence-corrected chi connectivity index (χ3v) is 2.90. The monoisotopic (exact) mass is 250 g/mol. The third kappa shape index (κ3) is 2.48. The van der Waals surface area contributed by atoms with Crippen LogP contribution in [-0.4, -0.2) is 21.8 Å². The Balaban J connectivity index is 2.36. The summed E-state index contributed by atoms with van der Waals surface area (Å²) in [5, 5.41) is 8.16. The number of nitrogens with one attached hydrogen (secondary N) is 1. The number of nitrogens with zero attached hydrogens (tertiary/aromatic N) is 3. The molecule has 0 aliphatic rings. The predicted molar refractivity (Wildman–Crippen MR) is 68.1 cm³/mol. The van der Waals surface area contributed by atoms with Crippen molar-refractivity contribution >= 4 is 11.6 Å². The van der Waals surface area contributed by atoms with Gasteiger partial charge in [-0.25, -0.2) is 0 Å². The Bertz CT molecular complexity index is 478. The van der Waals surface area contributed by atoms with Crippen LogP contribution in [0.3, 0.4) is 0 Å². The minimum Gasteiger partial charge on any atom is -0.307 e. The van der Waals surface area contributed by atoms with Crippen LogP contribution in [0.5, 0.6) is 0 Å². The molecule has 4 nitrogen and oxygen atoms in total. The molecular formula is C12H15ClN4. The van der Waals surface area contributed by atoms with Gasteiger partial charge in [-0.15, -0.1) is 0 Å². The smallest absolute Gasteiger partial charge is 0.0919 e. The summed E-state index contributed by atoms with van der Waals surface area (Å²) < 4.78 is 1.96. The van der Waals surface area contributed by atoms with Crippen molar-refractivity contribution in [2.45, 2.75) is 19.5 Å². The van der Waals surface area contributed by atoms with Crippen molar-refractivity contribution in [2.24, 2.45) is 0 Å². The van der Waals surface area contributed by atoms with Crippen molar-refractivity contribution in [1.29, 1.82) is 0 Å². The van der Waals surface area contributed by atoms with Gasteiger partial charge in [0, 0.05) is 18.9 Å². The Morgan fingerprint density at radius 1 is 1.41 bits per heavy atom. The highest BCUT2D eigenvalue weighted by atomic mass is 35.5. The molecule has 1 atom stereocenters. The molecule has 1 N–H and O–H groups in total. The van der Waals surface area contributed by atoms with Gasteiger partial charge in [-0.05, 0) is 32.2 Å². The summed E-state index contributed by atoms with van der Waals surface area (Å²) in [5.74, 6) is 0. The van der Waals surface area contributed by atoms with E-state index in [0.717, 1.165) is 17.9 Å². The highest BCUT2D eigenvalue weighted by Crippen LogP contribution is 2.20. The summed E-state index contributed by atoms with van der Waals surface area (Å²) in [6.07, 6.45) is 3.47. The quantitative estimate of drug-likeness (QED) is 0.905. The van der Waals surface area contributed by atoms with E-state index in [0.29, 0.717) is 5.02 Å². The number of hydrogen-bond donors (Lipinski definition) is 1. The molecule has 0 fully saturated rings. The van der Waals surface area contributed by atoms with Crippen molar-refractivity contribution in [3.8, 4) is 0 Å². The average molecular weight is 251 g/mol. The lowest BCUT2D eigenvalue weighted by atomic mass is 10.1. The molecule has 0 spiro atoms. The van der Waals surface area contributed by atoms with E-state index in [4.69, 9.17) is 11.6 Å². The number of rotatable bonds is 4. The van der Waals surface area contributed by atoms with Crippen LogP contribution in [0.25, 0.3) is 0 Å². The van der Waals surface area contributed by atoms with Gasteiger partial charge >= 0.3 is 0 Å². The van der Waals surface area contributed by atoms with Crippen LogP contribution < -0.4 is 5.32 Å². The molecule has 0 saturated heterocycles. The molecule has 2 heterocycles. The fourth-order valence-corrected chi connectivity index (χ4v) is 1.97. The normalized spacial score (nSPS) is 12.6. The average Bonchev–Trinajstić information content (AvgIpc) is 2.81. The highest BCUT2D eigenvalue weighted by molar-refractivity contribution is 6.30. The largest absolute Gasteiger partial charge is 0.307 e. The van der Waals surface area contributed by atoms with Crippen molar-refractivity contribution in [3.63, 3.8) is 0 Å². The minimum atomic E-state index is 0.0368. The summed E-state index contributed by atoms with van der Waals surface area (Å²) in [6, 6.07) is 5.81.